The number of hydrogen-bond acceptors (Lipinski definition) is 3. The molecule has 1 aliphatic heterocycles. The maximum absolute atomic E-state index is 11.2. The predicted molar refractivity (Wildman–Crippen MR) is 51.9 cm³/mol. The quantitative estimate of drug-likeness (QED) is 0.474. The SMILES string of the molecule is COC(=O)/C=C1/CCOC12CCCC2. The van der Waals surface area contributed by atoms with Gasteiger partial charge in [0.15, 0.2) is 0 Å². The number of rotatable bonds is 1. The van der Waals surface area contributed by atoms with E-state index in [4.69, 9.17) is 4.74 Å². The van der Waals surface area contributed by atoms with Crippen molar-refractivity contribution in [3.63, 3.8) is 0 Å². The third-order valence-electron chi connectivity index (χ3n) is 3.24. The van der Waals surface area contributed by atoms with Crippen LogP contribution in [0.5, 0.6) is 0 Å². The molecule has 0 aromatic carbocycles. The van der Waals surface area contributed by atoms with Crippen molar-refractivity contribution in [1.29, 1.82) is 0 Å². The van der Waals surface area contributed by atoms with E-state index in [-0.39, 0.29) is 11.6 Å². The van der Waals surface area contributed by atoms with Crippen LogP contribution in [-0.4, -0.2) is 25.3 Å². The van der Waals surface area contributed by atoms with Gasteiger partial charge in [0.25, 0.3) is 0 Å². The van der Waals surface area contributed by atoms with Crippen molar-refractivity contribution < 1.29 is 14.3 Å². The van der Waals surface area contributed by atoms with Crippen molar-refractivity contribution in [3.05, 3.63) is 11.6 Å². The molecule has 1 heterocycles. The van der Waals surface area contributed by atoms with Gasteiger partial charge in [0, 0.05) is 6.08 Å². The lowest BCUT2D eigenvalue weighted by atomic mass is 9.92. The van der Waals surface area contributed by atoms with Crippen molar-refractivity contribution in [1.82, 2.24) is 0 Å². The number of methoxy groups -OCH3 is 1. The van der Waals surface area contributed by atoms with Gasteiger partial charge in [0.1, 0.15) is 0 Å². The van der Waals surface area contributed by atoms with E-state index in [1.54, 1.807) is 6.08 Å². The Labute approximate surface area is 84.1 Å². The third-order valence-corrected chi connectivity index (χ3v) is 3.24. The summed E-state index contributed by atoms with van der Waals surface area (Å²) in [6.07, 6.45) is 7.05. The second-order valence-electron chi connectivity index (χ2n) is 3.99. The molecule has 1 aliphatic carbocycles. The van der Waals surface area contributed by atoms with Crippen molar-refractivity contribution in [2.24, 2.45) is 0 Å². The van der Waals surface area contributed by atoms with Gasteiger partial charge < -0.3 is 9.47 Å². The minimum atomic E-state index is -0.253. The van der Waals surface area contributed by atoms with E-state index in [0.717, 1.165) is 31.4 Å². The molecular formula is C11H16O3. The maximum atomic E-state index is 11.2. The molecule has 0 aromatic rings. The first kappa shape index (κ1) is 9.71. The van der Waals surface area contributed by atoms with Crippen LogP contribution in [0.3, 0.4) is 0 Å². The second kappa shape index (κ2) is 3.73. The Hall–Kier alpha value is -0.830. The summed E-state index contributed by atoms with van der Waals surface area (Å²) in [7, 11) is 1.41. The van der Waals surface area contributed by atoms with E-state index in [2.05, 4.69) is 4.74 Å². The molecule has 1 spiro atoms. The molecule has 0 bridgehead atoms. The summed E-state index contributed by atoms with van der Waals surface area (Å²) in [5, 5.41) is 0. The molecule has 0 amide bonds. The van der Waals surface area contributed by atoms with Crippen LogP contribution in [-0.2, 0) is 14.3 Å². The van der Waals surface area contributed by atoms with Crippen LogP contribution in [0.25, 0.3) is 0 Å². The van der Waals surface area contributed by atoms with Crippen LogP contribution in [0, 0.1) is 0 Å². The van der Waals surface area contributed by atoms with Crippen molar-refractivity contribution in [2.45, 2.75) is 37.7 Å². The lowest BCUT2D eigenvalue weighted by Crippen LogP contribution is -2.25. The van der Waals surface area contributed by atoms with Gasteiger partial charge in [-0.2, -0.15) is 0 Å². The molecule has 0 unspecified atom stereocenters. The van der Waals surface area contributed by atoms with E-state index >= 15 is 0 Å². The Morgan fingerprint density at radius 2 is 2.21 bits per heavy atom. The summed E-state index contributed by atoms with van der Waals surface area (Å²) in [5.74, 6) is -0.253. The lowest BCUT2D eigenvalue weighted by molar-refractivity contribution is -0.135. The van der Waals surface area contributed by atoms with E-state index in [1.807, 2.05) is 0 Å². The summed E-state index contributed by atoms with van der Waals surface area (Å²) in [4.78, 5) is 11.2. The van der Waals surface area contributed by atoms with Crippen LogP contribution in [0.1, 0.15) is 32.1 Å². The topological polar surface area (TPSA) is 35.5 Å². The Bertz CT molecular complexity index is 256. The van der Waals surface area contributed by atoms with Gasteiger partial charge in [0.2, 0.25) is 0 Å². The Balaban J connectivity index is 2.17. The van der Waals surface area contributed by atoms with Crippen LogP contribution >= 0.6 is 0 Å². The highest BCUT2D eigenvalue weighted by atomic mass is 16.5. The van der Waals surface area contributed by atoms with E-state index in [1.165, 1.54) is 20.0 Å². The molecule has 2 rings (SSSR count). The highest BCUT2D eigenvalue weighted by Gasteiger charge is 2.42. The Kier molecular flexibility index (Phi) is 2.59. The standard InChI is InChI=1S/C11H16O3/c1-13-10(12)8-9-4-7-14-11(9)5-2-3-6-11/h8H,2-7H2,1H3/b9-8-. The number of esters is 1. The molecule has 78 valence electrons. The van der Waals surface area contributed by atoms with Gasteiger partial charge in [-0.15, -0.1) is 0 Å². The smallest absolute Gasteiger partial charge is 0.330 e. The molecular weight excluding hydrogens is 180 g/mol. The van der Waals surface area contributed by atoms with Crippen LogP contribution in [0.4, 0.5) is 0 Å². The second-order valence-corrected chi connectivity index (χ2v) is 3.99. The first-order valence-electron chi connectivity index (χ1n) is 5.20. The minimum Gasteiger partial charge on any atom is -0.466 e. The first-order chi connectivity index (χ1) is 6.77. The average molecular weight is 196 g/mol. The molecule has 3 heteroatoms. The van der Waals surface area contributed by atoms with E-state index in [9.17, 15) is 4.79 Å². The molecule has 1 saturated heterocycles. The largest absolute Gasteiger partial charge is 0.466 e. The lowest BCUT2D eigenvalue weighted by Gasteiger charge is -2.23. The zero-order valence-corrected chi connectivity index (χ0v) is 8.54. The number of ether oxygens (including phenoxy) is 2. The van der Waals surface area contributed by atoms with E-state index in [0.29, 0.717) is 0 Å². The normalized spacial score (nSPS) is 27.4. The summed E-state index contributed by atoms with van der Waals surface area (Å²) < 4.78 is 10.4. The molecule has 14 heavy (non-hydrogen) atoms. The highest BCUT2D eigenvalue weighted by Crippen LogP contribution is 2.44. The van der Waals surface area contributed by atoms with Crippen molar-refractivity contribution >= 4 is 5.97 Å². The fourth-order valence-corrected chi connectivity index (χ4v) is 2.49. The molecule has 3 nitrogen and oxygen atoms in total. The third kappa shape index (κ3) is 1.57. The summed E-state index contributed by atoms with van der Waals surface area (Å²) in [6, 6.07) is 0. The highest BCUT2D eigenvalue weighted by molar-refractivity contribution is 5.83. The number of carbonyl (C=O) groups excluding carboxylic acids is 1. The van der Waals surface area contributed by atoms with Crippen LogP contribution < -0.4 is 0 Å². The zero-order valence-electron chi connectivity index (χ0n) is 8.54. The molecule has 0 N–H and O–H groups in total. The Morgan fingerprint density at radius 1 is 1.50 bits per heavy atom. The van der Waals surface area contributed by atoms with Gasteiger partial charge in [-0.3, -0.25) is 0 Å². The van der Waals surface area contributed by atoms with Gasteiger partial charge in [-0.05, 0) is 24.8 Å². The molecule has 0 atom stereocenters. The Morgan fingerprint density at radius 3 is 2.86 bits per heavy atom. The molecule has 0 radical (unpaired) electrons. The van der Waals surface area contributed by atoms with Gasteiger partial charge in [-0.25, -0.2) is 4.79 Å². The first-order valence-corrected chi connectivity index (χ1v) is 5.20. The fraction of sp³-hybridized carbons (Fsp3) is 0.727. The number of hydrogen-bond donors (Lipinski definition) is 0. The van der Waals surface area contributed by atoms with Gasteiger partial charge >= 0.3 is 5.97 Å². The maximum Gasteiger partial charge on any atom is 0.330 e. The van der Waals surface area contributed by atoms with Gasteiger partial charge in [0.05, 0.1) is 19.3 Å². The number of carbonyl (C=O) groups is 1. The molecule has 0 aromatic heterocycles. The molecule has 1 saturated carbocycles. The van der Waals surface area contributed by atoms with Crippen LogP contribution in [0.15, 0.2) is 11.6 Å². The van der Waals surface area contributed by atoms with Crippen LogP contribution in [0.2, 0.25) is 0 Å². The van der Waals surface area contributed by atoms with Crippen molar-refractivity contribution in [2.75, 3.05) is 13.7 Å². The van der Waals surface area contributed by atoms with Crippen molar-refractivity contribution in [3.8, 4) is 0 Å². The molecule has 2 aliphatic rings. The fourth-order valence-electron chi connectivity index (χ4n) is 2.49. The minimum absolute atomic E-state index is 0.103. The molecule has 2 fully saturated rings. The van der Waals surface area contributed by atoms with E-state index < -0.39 is 0 Å². The van der Waals surface area contributed by atoms with Gasteiger partial charge in [-0.1, -0.05) is 12.8 Å². The summed E-state index contributed by atoms with van der Waals surface area (Å²) in [5.41, 5.74) is 1.04. The summed E-state index contributed by atoms with van der Waals surface area (Å²) >= 11 is 0. The zero-order chi connectivity index (χ0) is 10.0. The summed E-state index contributed by atoms with van der Waals surface area (Å²) in [6.45, 7) is 0.753. The predicted octanol–water partition coefficient (Wildman–Crippen LogP) is 1.82. The monoisotopic (exact) mass is 196 g/mol. The average Bonchev–Trinajstić information content (AvgIpc) is 2.79.